The summed E-state index contributed by atoms with van der Waals surface area (Å²) in [6.07, 6.45) is 6.74. The molecule has 1 aliphatic rings. The van der Waals surface area contributed by atoms with E-state index < -0.39 is 0 Å². The van der Waals surface area contributed by atoms with Crippen LogP contribution >= 0.6 is 11.8 Å². The molecule has 98 valence electrons. The van der Waals surface area contributed by atoms with Crippen molar-refractivity contribution in [3.63, 3.8) is 0 Å². The molecule has 1 amide bonds. The van der Waals surface area contributed by atoms with E-state index in [0.717, 1.165) is 36.8 Å². The zero-order valence-corrected chi connectivity index (χ0v) is 11.5. The summed E-state index contributed by atoms with van der Waals surface area (Å²) < 4.78 is 0. The van der Waals surface area contributed by atoms with Gasteiger partial charge in [-0.2, -0.15) is 0 Å². The van der Waals surface area contributed by atoms with E-state index in [9.17, 15) is 4.79 Å². The van der Waals surface area contributed by atoms with E-state index in [1.54, 1.807) is 18.7 Å². The largest absolute Gasteiger partial charge is 0.352 e. The van der Waals surface area contributed by atoms with E-state index in [1.165, 1.54) is 0 Å². The van der Waals surface area contributed by atoms with Crippen LogP contribution in [0.5, 0.6) is 0 Å². The van der Waals surface area contributed by atoms with Gasteiger partial charge in [0.15, 0.2) is 5.16 Å². The molecule has 0 aromatic carbocycles. The zero-order chi connectivity index (χ0) is 13.0. The summed E-state index contributed by atoms with van der Waals surface area (Å²) in [4.78, 5) is 21.8. The van der Waals surface area contributed by atoms with Crippen molar-refractivity contribution in [1.82, 2.24) is 20.2 Å². The number of carbonyl (C=O) groups excluding carboxylic acids is 1. The van der Waals surface area contributed by atoms with Crippen molar-refractivity contribution in [2.24, 2.45) is 0 Å². The summed E-state index contributed by atoms with van der Waals surface area (Å²) >= 11 is 1.54. The molecule has 0 spiro atoms. The number of rotatable bonds is 4. The highest BCUT2D eigenvalue weighted by Crippen LogP contribution is 2.14. The SMILES string of the molecule is CSc1ncc(CN2CC[C@H](NC(C)=O)C2)cn1. The number of carbonyl (C=O) groups is 1. The maximum atomic E-state index is 11.0. The normalized spacial score (nSPS) is 20.0. The lowest BCUT2D eigenvalue weighted by molar-refractivity contribution is -0.119. The van der Waals surface area contributed by atoms with E-state index in [1.807, 2.05) is 18.6 Å². The molecule has 0 bridgehead atoms. The maximum absolute atomic E-state index is 11.0. The van der Waals surface area contributed by atoms with Crippen LogP contribution in [0.2, 0.25) is 0 Å². The Morgan fingerprint density at radius 2 is 2.28 bits per heavy atom. The maximum Gasteiger partial charge on any atom is 0.217 e. The first-order chi connectivity index (χ1) is 8.67. The van der Waals surface area contributed by atoms with Gasteiger partial charge in [0.05, 0.1) is 0 Å². The first-order valence-electron chi connectivity index (χ1n) is 6.01. The molecule has 0 aliphatic carbocycles. The van der Waals surface area contributed by atoms with Crippen molar-refractivity contribution in [1.29, 1.82) is 0 Å². The number of hydrogen-bond acceptors (Lipinski definition) is 5. The Hall–Kier alpha value is -1.14. The molecule has 1 aromatic heterocycles. The average Bonchev–Trinajstić information content (AvgIpc) is 2.76. The zero-order valence-electron chi connectivity index (χ0n) is 10.7. The van der Waals surface area contributed by atoms with E-state index in [2.05, 4.69) is 20.2 Å². The van der Waals surface area contributed by atoms with Crippen molar-refractivity contribution in [3.8, 4) is 0 Å². The Bertz CT molecular complexity index is 409. The smallest absolute Gasteiger partial charge is 0.217 e. The van der Waals surface area contributed by atoms with Crippen LogP contribution < -0.4 is 5.32 Å². The second kappa shape index (κ2) is 6.15. The summed E-state index contributed by atoms with van der Waals surface area (Å²) in [6.45, 7) is 4.33. The Balaban J connectivity index is 1.85. The van der Waals surface area contributed by atoms with Crippen molar-refractivity contribution >= 4 is 17.7 Å². The number of nitrogens with zero attached hydrogens (tertiary/aromatic N) is 3. The molecule has 18 heavy (non-hydrogen) atoms. The molecule has 2 rings (SSSR count). The molecule has 1 atom stereocenters. The number of thioether (sulfide) groups is 1. The third kappa shape index (κ3) is 3.68. The van der Waals surface area contributed by atoms with Gasteiger partial charge >= 0.3 is 0 Å². The fourth-order valence-corrected chi connectivity index (χ4v) is 2.49. The lowest BCUT2D eigenvalue weighted by Gasteiger charge is -2.16. The number of likely N-dealkylation sites (tertiary alicyclic amines) is 1. The summed E-state index contributed by atoms with van der Waals surface area (Å²) in [5.41, 5.74) is 1.12. The Morgan fingerprint density at radius 1 is 1.56 bits per heavy atom. The van der Waals surface area contributed by atoms with Crippen LogP contribution in [0.1, 0.15) is 18.9 Å². The van der Waals surface area contributed by atoms with Crippen LogP contribution in [-0.4, -0.2) is 46.2 Å². The molecule has 1 fully saturated rings. The molecule has 5 nitrogen and oxygen atoms in total. The van der Waals surface area contributed by atoms with Gasteiger partial charge < -0.3 is 5.32 Å². The van der Waals surface area contributed by atoms with Gasteiger partial charge in [-0.3, -0.25) is 9.69 Å². The lowest BCUT2D eigenvalue weighted by atomic mass is 10.2. The van der Waals surface area contributed by atoms with Crippen LogP contribution in [0.3, 0.4) is 0 Å². The van der Waals surface area contributed by atoms with Crippen molar-refractivity contribution in [3.05, 3.63) is 18.0 Å². The molecule has 0 saturated carbocycles. The minimum Gasteiger partial charge on any atom is -0.352 e. The molecule has 2 heterocycles. The predicted molar refractivity (Wildman–Crippen MR) is 71.3 cm³/mol. The second-order valence-corrected chi connectivity index (χ2v) is 5.27. The van der Waals surface area contributed by atoms with Crippen LogP contribution in [-0.2, 0) is 11.3 Å². The topological polar surface area (TPSA) is 58.1 Å². The van der Waals surface area contributed by atoms with E-state index >= 15 is 0 Å². The summed E-state index contributed by atoms with van der Waals surface area (Å²) in [5.74, 6) is 0.0505. The highest BCUT2D eigenvalue weighted by atomic mass is 32.2. The molecule has 0 unspecified atom stereocenters. The lowest BCUT2D eigenvalue weighted by Crippen LogP contribution is -2.35. The van der Waals surface area contributed by atoms with Gasteiger partial charge in [0.25, 0.3) is 0 Å². The highest BCUT2D eigenvalue weighted by molar-refractivity contribution is 7.98. The van der Waals surface area contributed by atoms with E-state index in [0.29, 0.717) is 0 Å². The van der Waals surface area contributed by atoms with Crippen LogP contribution in [0.15, 0.2) is 17.6 Å². The van der Waals surface area contributed by atoms with Crippen LogP contribution in [0.25, 0.3) is 0 Å². The number of hydrogen-bond donors (Lipinski definition) is 1. The number of aromatic nitrogens is 2. The molecule has 1 N–H and O–H groups in total. The van der Waals surface area contributed by atoms with Gasteiger partial charge in [0, 0.05) is 50.6 Å². The standard InChI is InChI=1S/C12H18N4OS/c1-9(17)15-11-3-4-16(8-11)7-10-5-13-12(18-2)14-6-10/h5-6,11H,3-4,7-8H2,1-2H3,(H,15,17)/t11-/m0/s1. The summed E-state index contributed by atoms with van der Waals surface area (Å²) in [5, 5.41) is 3.76. The summed E-state index contributed by atoms with van der Waals surface area (Å²) in [6, 6.07) is 0.286. The molecule has 1 saturated heterocycles. The molecular weight excluding hydrogens is 248 g/mol. The van der Waals surface area contributed by atoms with Crippen molar-refractivity contribution in [2.45, 2.75) is 31.1 Å². The minimum atomic E-state index is 0.0505. The Labute approximate surface area is 111 Å². The third-order valence-electron chi connectivity index (χ3n) is 2.95. The number of nitrogens with one attached hydrogen (secondary N) is 1. The van der Waals surface area contributed by atoms with Crippen molar-refractivity contribution < 1.29 is 4.79 Å². The first-order valence-corrected chi connectivity index (χ1v) is 7.24. The van der Waals surface area contributed by atoms with Gasteiger partial charge in [-0.15, -0.1) is 0 Å². The van der Waals surface area contributed by atoms with Gasteiger partial charge in [-0.1, -0.05) is 11.8 Å². The third-order valence-corrected chi connectivity index (χ3v) is 3.53. The van der Waals surface area contributed by atoms with Crippen molar-refractivity contribution in [2.75, 3.05) is 19.3 Å². The minimum absolute atomic E-state index is 0.0505. The molecule has 0 radical (unpaired) electrons. The first kappa shape index (κ1) is 13.3. The molecule has 1 aliphatic heterocycles. The van der Waals surface area contributed by atoms with E-state index in [4.69, 9.17) is 0 Å². The van der Waals surface area contributed by atoms with Gasteiger partial charge in [0.2, 0.25) is 5.91 Å². The highest BCUT2D eigenvalue weighted by Gasteiger charge is 2.22. The monoisotopic (exact) mass is 266 g/mol. The molecule has 6 heteroatoms. The summed E-state index contributed by atoms with van der Waals surface area (Å²) in [7, 11) is 0. The fourth-order valence-electron chi connectivity index (χ4n) is 2.17. The van der Waals surface area contributed by atoms with Gasteiger partial charge in [0.1, 0.15) is 0 Å². The van der Waals surface area contributed by atoms with E-state index in [-0.39, 0.29) is 11.9 Å². The fraction of sp³-hybridized carbons (Fsp3) is 0.583. The Kier molecular flexibility index (Phi) is 4.54. The average molecular weight is 266 g/mol. The second-order valence-electron chi connectivity index (χ2n) is 4.50. The van der Waals surface area contributed by atoms with Crippen LogP contribution in [0.4, 0.5) is 0 Å². The predicted octanol–water partition coefficient (Wildman–Crippen LogP) is 0.909. The Morgan fingerprint density at radius 3 is 2.89 bits per heavy atom. The molecule has 1 aromatic rings. The van der Waals surface area contributed by atoms with Gasteiger partial charge in [-0.25, -0.2) is 9.97 Å². The quantitative estimate of drug-likeness (QED) is 0.648. The molecular formula is C12H18N4OS. The number of amides is 1. The van der Waals surface area contributed by atoms with Crippen LogP contribution in [0, 0.1) is 0 Å². The van der Waals surface area contributed by atoms with Gasteiger partial charge in [-0.05, 0) is 12.7 Å².